The number of rotatable bonds is 6. The van der Waals surface area contributed by atoms with Gasteiger partial charge in [0.25, 0.3) is 0 Å². The number of nitrogens with one attached hydrogen (secondary N) is 1. The first-order chi connectivity index (χ1) is 16.1. The maximum atomic E-state index is 5.99. The van der Waals surface area contributed by atoms with E-state index in [0.717, 1.165) is 28.6 Å². The molecule has 5 rings (SSSR count). The van der Waals surface area contributed by atoms with Crippen LogP contribution in [0.15, 0.2) is 91.4 Å². The minimum absolute atomic E-state index is 0.0260. The first-order valence-electron chi connectivity index (χ1n) is 10.7. The van der Waals surface area contributed by atoms with Gasteiger partial charge in [0.05, 0.1) is 24.9 Å². The van der Waals surface area contributed by atoms with Gasteiger partial charge in [-0.1, -0.05) is 6.07 Å². The van der Waals surface area contributed by atoms with E-state index in [1.54, 1.807) is 7.11 Å². The third kappa shape index (κ3) is 4.27. The third-order valence-electron chi connectivity index (χ3n) is 5.70. The lowest BCUT2D eigenvalue weighted by Crippen LogP contribution is -2.29. The van der Waals surface area contributed by atoms with Crippen molar-refractivity contribution in [3.8, 4) is 17.2 Å². The van der Waals surface area contributed by atoms with Crippen LogP contribution in [0.1, 0.15) is 23.3 Å². The Hall–Kier alpha value is -3.84. The van der Waals surface area contributed by atoms with E-state index in [1.807, 2.05) is 80.0 Å². The van der Waals surface area contributed by atoms with E-state index in [2.05, 4.69) is 38.2 Å². The molecule has 1 aliphatic rings. The zero-order chi connectivity index (χ0) is 22.8. The van der Waals surface area contributed by atoms with E-state index in [0.29, 0.717) is 5.11 Å². The lowest BCUT2D eigenvalue weighted by Gasteiger charge is -2.27. The lowest BCUT2D eigenvalue weighted by molar-refractivity contribution is 0.413. The summed E-state index contributed by atoms with van der Waals surface area (Å²) in [5.74, 6) is 2.29. The SMILES string of the molecule is COc1ccc(Oc2ccc(N3C(=S)NC(c4ccccn4)C3c3ccn(C)c3)cc2)cc1. The number of pyridine rings is 1. The average molecular weight is 457 g/mol. The molecule has 2 unspecified atom stereocenters. The van der Waals surface area contributed by atoms with Gasteiger partial charge in [-0.3, -0.25) is 4.98 Å². The summed E-state index contributed by atoms with van der Waals surface area (Å²) in [5, 5.41) is 4.15. The largest absolute Gasteiger partial charge is 0.497 e. The van der Waals surface area contributed by atoms with E-state index in [1.165, 1.54) is 5.56 Å². The summed E-state index contributed by atoms with van der Waals surface area (Å²) in [5.41, 5.74) is 3.11. The van der Waals surface area contributed by atoms with Crippen LogP contribution in [-0.4, -0.2) is 21.8 Å². The molecule has 1 aliphatic heterocycles. The highest BCUT2D eigenvalue weighted by Gasteiger charge is 2.40. The van der Waals surface area contributed by atoms with Crippen LogP contribution >= 0.6 is 12.2 Å². The van der Waals surface area contributed by atoms with Gasteiger partial charge in [-0.2, -0.15) is 0 Å². The molecule has 0 saturated carbocycles. The number of aryl methyl sites for hydroxylation is 1. The van der Waals surface area contributed by atoms with Crippen molar-refractivity contribution in [3.63, 3.8) is 0 Å². The number of benzene rings is 2. The molecule has 0 aliphatic carbocycles. The Kier molecular flexibility index (Phi) is 5.71. The molecule has 0 radical (unpaired) electrons. The normalized spacial score (nSPS) is 17.6. The average Bonchev–Trinajstić information content (AvgIpc) is 3.43. The Balaban J connectivity index is 1.44. The number of aromatic nitrogens is 2. The maximum absolute atomic E-state index is 5.99. The predicted molar refractivity (Wildman–Crippen MR) is 133 cm³/mol. The summed E-state index contributed by atoms with van der Waals surface area (Å²) in [6.45, 7) is 0. The third-order valence-corrected chi connectivity index (χ3v) is 6.02. The number of nitrogens with zero attached hydrogens (tertiary/aromatic N) is 3. The Labute approximate surface area is 198 Å². The fourth-order valence-corrected chi connectivity index (χ4v) is 4.47. The van der Waals surface area contributed by atoms with E-state index < -0.39 is 0 Å². The van der Waals surface area contributed by atoms with Crippen LogP contribution in [0.5, 0.6) is 17.2 Å². The van der Waals surface area contributed by atoms with E-state index in [4.69, 9.17) is 21.7 Å². The van der Waals surface area contributed by atoms with Crippen LogP contribution in [0.4, 0.5) is 5.69 Å². The quantitative estimate of drug-likeness (QED) is 0.392. The van der Waals surface area contributed by atoms with Crippen LogP contribution < -0.4 is 19.7 Å². The molecule has 1 N–H and O–H groups in total. The fourth-order valence-electron chi connectivity index (χ4n) is 4.13. The molecule has 3 heterocycles. The minimum Gasteiger partial charge on any atom is -0.497 e. The van der Waals surface area contributed by atoms with E-state index in [-0.39, 0.29) is 12.1 Å². The van der Waals surface area contributed by atoms with Gasteiger partial charge in [0.2, 0.25) is 0 Å². The monoisotopic (exact) mass is 456 g/mol. The second kappa shape index (κ2) is 8.96. The van der Waals surface area contributed by atoms with Crippen LogP contribution in [-0.2, 0) is 7.05 Å². The summed E-state index contributed by atoms with van der Waals surface area (Å²) < 4.78 is 13.2. The zero-order valence-electron chi connectivity index (χ0n) is 18.4. The van der Waals surface area contributed by atoms with Crippen molar-refractivity contribution in [1.29, 1.82) is 0 Å². The molecule has 0 bridgehead atoms. The highest BCUT2D eigenvalue weighted by atomic mass is 32.1. The topological polar surface area (TPSA) is 51.6 Å². The summed E-state index contributed by atoms with van der Waals surface area (Å²) >= 11 is 5.78. The number of thiocarbonyl (C=S) groups is 1. The highest BCUT2D eigenvalue weighted by molar-refractivity contribution is 7.80. The number of hydrogen-bond donors (Lipinski definition) is 1. The summed E-state index contributed by atoms with van der Waals surface area (Å²) in [7, 11) is 3.67. The highest BCUT2D eigenvalue weighted by Crippen LogP contribution is 2.42. The van der Waals surface area contributed by atoms with Gasteiger partial charge in [0, 0.05) is 31.3 Å². The molecular formula is C26H24N4O2S. The Morgan fingerprint density at radius 2 is 1.61 bits per heavy atom. The van der Waals surface area contributed by atoms with Crippen LogP contribution in [0, 0.1) is 0 Å². The van der Waals surface area contributed by atoms with Crippen LogP contribution in [0.25, 0.3) is 0 Å². The summed E-state index contributed by atoms with van der Waals surface area (Å²) in [6, 6.07) is 23.5. The molecule has 0 spiro atoms. The molecule has 4 aromatic rings. The standard InChI is InChI=1S/C26H24N4O2S/c1-29-16-14-18(17-29)25-24(23-5-3-4-15-27-23)28-26(33)30(25)19-6-8-21(9-7-19)32-22-12-10-20(31-2)11-13-22/h3-17,24-25H,1-2H3,(H,28,33). The molecule has 1 fully saturated rings. The maximum Gasteiger partial charge on any atom is 0.174 e. The molecule has 7 heteroatoms. The van der Waals surface area contributed by atoms with Crippen molar-refractivity contribution in [2.75, 3.05) is 12.0 Å². The number of ether oxygens (including phenoxy) is 2. The molecule has 6 nitrogen and oxygen atoms in total. The molecule has 2 atom stereocenters. The van der Waals surface area contributed by atoms with Crippen molar-refractivity contribution < 1.29 is 9.47 Å². The Morgan fingerprint density at radius 1 is 0.909 bits per heavy atom. The van der Waals surface area contributed by atoms with Gasteiger partial charge in [-0.05, 0) is 84.5 Å². The first kappa shape index (κ1) is 21.0. The van der Waals surface area contributed by atoms with Crippen molar-refractivity contribution in [3.05, 3.63) is 103 Å². The Morgan fingerprint density at radius 3 is 2.21 bits per heavy atom. The van der Waals surface area contributed by atoms with Gasteiger partial charge in [-0.25, -0.2) is 0 Å². The molecular weight excluding hydrogens is 432 g/mol. The van der Waals surface area contributed by atoms with Crippen molar-refractivity contribution in [1.82, 2.24) is 14.9 Å². The smallest absolute Gasteiger partial charge is 0.174 e. The van der Waals surface area contributed by atoms with Gasteiger partial charge >= 0.3 is 0 Å². The molecule has 2 aromatic carbocycles. The van der Waals surface area contributed by atoms with E-state index >= 15 is 0 Å². The second-order valence-corrected chi connectivity index (χ2v) is 8.27. The lowest BCUT2D eigenvalue weighted by atomic mass is 9.98. The van der Waals surface area contributed by atoms with Crippen molar-refractivity contribution in [2.45, 2.75) is 12.1 Å². The molecule has 33 heavy (non-hydrogen) atoms. The van der Waals surface area contributed by atoms with Crippen LogP contribution in [0.2, 0.25) is 0 Å². The van der Waals surface area contributed by atoms with Crippen molar-refractivity contribution in [2.24, 2.45) is 7.05 Å². The number of anilines is 1. The van der Waals surface area contributed by atoms with Gasteiger partial charge < -0.3 is 24.3 Å². The second-order valence-electron chi connectivity index (χ2n) is 7.88. The molecule has 1 saturated heterocycles. The predicted octanol–water partition coefficient (Wildman–Crippen LogP) is 5.40. The minimum atomic E-state index is -0.0590. The molecule has 166 valence electrons. The number of methoxy groups -OCH3 is 1. The first-order valence-corrected chi connectivity index (χ1v) is 11.1. The van der Waals surface area contributed by atoms with Crippen molar-refractivity contribution >= 4 is 23.0 Å². The molecule has 0 amide bonds. The van der Waals surface area contributed by atoms with Gasteiger partial charge in [-0.15, -0.1) is 0 Å². The van der Waals surface area contributed by atoms with Crippen LogP contribution in [0.3, 0.4) is 0 Å². The zero-order valence-corrected chi connectivity index (χ0v) is 19.2. The van der Waals surface area contributed by atoms with Gasteiger partial charge in [0.1, 0.15) is 17.2 Å². The summed E-state index contributed by atoms with van der Waals surface area (Å²) in [4.78, 5) is 6.75. The van der Waals surface area contributed by atoms with E-state index in [9.17, 15) is 0 Å². The number of hydrogen-bond acceptors (Lipinski definition) is 4. The van der Waals surface area contributed by atoms with Gasteiger partial charge in [0.15, 0.2) is 5.11 Å². The summed E-state index contributed by atoms with van der Waals surface area (Å²) in [6.07, 6.45) is 6.00. The molecule has 2 aromatic heterocycles. The Bertz CT molecular complexity index is 1240. The fraction of sp³-hybridized carbons (Fsp3) is 0.154.